The molecule has 1 aliphatic heterocycles. The molecule has 0 saturated carbocycles. The normalized spacial score (nSPS) is 16.6. The lowest BCUT2D eigenvalue weighted by molar-refractivity contribution is 0.0687. The molecule has 3 heterocycles. The van der Waals surface area contributed by atoms with Gasteiger partial charge in [0.1, 0.15) is 0 Å². The van der Waals surface area contributed by atoms with Crippen LogP contribution in [0.15, 0.2) is 22.7 Å². The lowest BCUT2D eigenvalue weighted by Gasteiger charge is -2.29. The van der Waals surface area contributed by atoms with Crippen molar-refractivity contribution >= 4 is 28.8 Å². The van der Waals surface area contributed by atoms with Crippen molar-refractivity contribution < 1.29 is 9.32 Å². The highest BCUT2D eigenvalue weighted by atomic mass is 35.5. The molecule has 1 fully saturated rings. The second-order valence-corrected chi connectivity index (χ2v) is 6.87. The van der Waals surface area contributed by atoms with Crippen molar-refractivity contribution in [2.45, 2.75) is 19.8 Å². The Hall–Kier alpha value is -1.33. The Morgan fingerprint density at radius 2 is 2.20 bits per heavy atom. The maximum atomic E-state index is 12.3. The molecule has 0 N–H and O–H groups in total. The number of hydrogen-bond donors (Lipinski definition) is 0. The highest BCUT2D eigenvalue weighted by molar-refractivity contribution is 7.19. The molecule has 0 spiro atoms. The van der Waals surface area contributed by atoms with Gasteiger partial charge in [0.15, 0.2) is 11.5 Å². The van der Waals surface area contributed by atoms with Crippen LogP contribution in [-0.4, -0.2) is 29.1 Å². The minimum atomic E-state index is -0.0467. The summed E-state index contributed by atoms with van der Waals surface area (Å²) in [6, 6.07) is 5.37. The van der Waals surface area contributed by atoms with Gasteiger partial charge in [-0.15, -0.1) is 11.3 Å². The largest absolute Gasteiger partial charge is 0.355 e. The number of thiophene rings is 1. The Labute approximate surface area is 126 Å². The molecule has 20 heavy (non-hydrogen) atoms. The van der Waals surface area contributed by atoms with Crippen molar-refractivity contribution in [3.05, 3.63) is 28.2 Å². The van der Waals surface area contributed by atoms with Crippen LogP contribution in [0.5, 0.6) is 0 Å². The van der Waals surface area contributed by atoms with Gasteiger partial charge in [-0.3, -0.25) is 4.79 Å². The van der Waals surface area contributed by atoms with E-state index in [9.17, 15) is 4.79 Å². The van der Waals surface area contributed by atoms with Gasteiger partial charge in [-0.05, 0) is 30.9 Å². The number of rotatable bonds is 2. The molecule has 0 aromatic carbocycles. The van der Waals surface area contributed by atoms with Gasteiger partial charge in [-0.25, -0.2) is 0 Å². The first kappa shape index (κ1) is 13.6. The van der Waals surface area contributed by atoms with Gasteiger partial charge >= 0.3 is 0 Å². The first-order valence-electron chi connectivity index (χ1n) is 6.65. The van der Waals surface area contributed by atoms with Gasteiger partial charge in [0.05, 0.1) is 9.21 Å². The summed E-state index contributed by atoms with van der Waals surface area (Å²) in [5.41, 5.74) is 0.374. The highest BCUT2D eigenvalue weighted by Crippen LogP contribution is 2.31. The van der Waals surface area contributed by atoms with Crippen molar-refractivity contribution in [3.8, 4) is 10.6 Å². The quantitative estimate of drug-likeness (QED) is 0.844. The van der Waals surface area contributed by atoms with Crippen LogP contribution in [-0.2, 0) is 0 Å². The number of halogens is 1. The number of likely N-dealkylation sites (tertiary alicyclic amines) is 1. The third-order valence-electron chi connectivity index (χ3n) is 3.62. The van der Waals surface area contributed by atoms with E-state index in [2.05, 4.69) is 12.1 Å². The lowest BCUT2D eigenvalue weighted by Crippen LogP contribution is -2.38. The molecule has 2 aromatic rings. The highest BCUT2D eigenvalue weighted by Gasteiger charge is 2.24. The van der Waals surface area contributed by atoms with Crippen LogP contribution in [0.2, 0.25) is 4.34 Å². The number of carbonyl (C=O) groups is 1. The standard InChI is InChI=1S/C14H15ClN2O2S/c1-9-4-6-17(7-5-9)14(18)10-8-11(19-16-10)12-2-3-13(15)20-12/h2-3,8-9H,4-7H2,1H3. The monoisotopic (exact) mass is 310 g/mol. The number of hydrogen-bond acceptors (Lipinski definition) is 4. The third-order valence-corrected chi connectivity index (χ3v) is 4.86. The third kappa shape index (κ3) is 2.74. The Balaban J connectivity index is 1.75. The molecule has 1 amide bonds. The molecule has 2 aromatic heterocycles. The second kappa shape index (κ2) is 5.58. The topological polar surface area (TPSA) is 46.3 Å². The van der Waals surface area contributed by atoms with E-state index in [4.69, 9.17) is 16.1 Å². The van der Waals surface area contributed by atoms with Crippen LogP contribution >= 0.6 is 22.9 Å². The van der Waals surface area contributed by atoms with E-state index in [1.165, 1.54) is 11.3 Å². The van der Waals surface area contributed by atoms with Crippen molar-refractivity contribution in [2.24, 2.45) is 5.92 Å². The van der Waals surface area contributed by atoms with E-state index in [-0.39, 0.29) is 5.91 Å². The van der Waals surface area contributed by atoms with Crippen molar-refractivity contribution in [3.63, 3.8) is 0 Å². The smallest absolute Gasteiger partial charge is 0.276 e. The number of nitrogens with zero attached hydrogens (tertiary/aromatic N) is 2. The van der Waals surface area contributed by atoms with E-state index in [0.29, 0.717) is 21.7 Å². The van der Waals surface area contributed by atoms with Crippen molar-refractivity contribution in [2.75, 3.05) is 13.1 Å². The summed E-state index contributed by atoms with van der Waals surface area (Å²) in [6.45, 7) is 3.82. The van der Waals surface area contributed by atoms with Gasteiger partial charge in [0.25, 0.3) is 5.91 Å². The summed E-state index contributed by atoms with van der Waals surface area (Å²) in [7, 11) is 0. The van der Waals surface area contributed by atoms with E-state index in [1.54, 1.807) is 12.1 Å². The molecule has 3 rings (SSSR count). The SMILES string of the molecule is CC1CCN(C(=O)c2cc(-c3ccc(Cl)s3)on2)CC1. The predicted octanol–water partition coefficient (Wildman–Crippen LogP) is 3.93. The minimum absolute atomic E-state index is 0.0467. The van der Waals surface area contributed by atoms with E-state index < -0.39 is 0 Å². The van der Waals surface area contributed by atoms with Gasteiger partial charge in [0, 0.05) is 19.2 Å². The maximum absolute atomic E-state index is 12.3. The Bertz CT molecular complexity index is 614. The molecule has 106 valence electrons. The van der Waals surface area contributed by atoms with Gasteiger partial charge in [-0.2, -0.15) is 0 Å². The first-order chi connectivity index (χ1) is 9.63. The van der Waals surface area contributed by atoms with Gasteiger partial charge < -0.3 is 9.42 Å². The number of carbonyl (C=O) groups excluding carboxylic acids is 1. The molecule has 6 heteroatoms. The fourth-order valence-corrected chi connectivity index (χ4v) is 3.30. The molecule has 0 atom stereocenters. The van der Waals surface area contributed by atoms with Crippen molar-refractivity contribution in [1.29, 1.82) is 0 Å². The zero-order valence-electron chi connectivity index (χ0n) is 11.1. The molecular formula is C14H15ClN2O2S. The zero-order valence-corrected chi connectivity index (χ0v) is 12.7. The average molecular weight is 311 g/mol. The summed E-state index contributed by atoms with van der Waals surface area (Å²) in [5, 5.41) is 3.89. The molecule has 0 aliphatic carbocycles. The zero-order chi connectivity index (χ0) is 14.1. The molecule has 4 nitrogen and oxygen atoms in total. The summed E-state index contributed by atoms with van der Waals surface area (Å²) < 4.78 is 5.94. The van der Waals surface area contributed by atoms with Crippen molar-refractivity contribution in [1.82, 2.24) is 10.1 Å². The van der Waals surface area contributed by atoms with Crippen LogP contribution in [0.4, 0.5) is 0 Å². The maximum Gasteiger partial charge on any atom is 0.276 e. The fraction of sp³-hybridized carbons (Fsp3) is 0.429. The Kier molecular flexibility index (Phi) is 3.81. The molecule has 0 radical (unpaired) electrons. The van der Waals surface area contributed by atoms with E-state index >= 15 is 0 Å². The van der Waals surface area contributed by atoms with Crippen LogP contribution < -0.4 is 0 Å². The number of piperidine rings is 1. The second-order valence-electron chi connectivity index (χ2n) is 5.15. The Morgan fingerprint density at radius 3 is 2.85 bits per heavy atom. The number of aromatic nitrogens is 1. The molecule has 1 aliphatic rings. The van der Waals surface area contributed by atoms with E-state index in [1.807, 2.05) is 11.0 Å². The summed E-state index contributed by atoms with van der Waals surface area (Å²) in [6.07, 6.45) is 2.11. The molecule has 1 saturated heterocycles. The van der Waals surface area contributed by atoms with Gasteiger partial charge in [-0.1, -0.05) is 23.7 Å². The first-order valence-corrected chi connectivity index (χ1v) is 7.84. The van der Waals surface area contributed by atoms with E-state index in [0.717, 1.165) is 30.8 Å². The number of amides is 1. The summed E-state index contributed by atoms with van der Waals surface area (Å²) >= 11 is 7.30. The average Bonchev–Trinajstić information content (AvgIpc) is 3.07. The summed E-state index contributed by atoms with van der Waals surface area (Å²) in [4.78, 5) is 15.1. The van der Waals surface area contributed by atoms with Crippen LogP contribution in [0, 0.1) is 5.92 Å². The molecule has 0 bridgehead atoms. The molecular weight excluding hydrogens is 296 g/mol. The minimum Gasteiger partial charge on any atom is -0.355 e. The molecule has 0 unspecified atom stereocenters. The van der Waals surface area contributed by atoms with Crippen LogP contribution in [0.1, 0.15) is 30.3 Å². The Morgan fingerprint density at radius 1 is 1.45 bits per heavy atom. The van der Waals surface area contributed by atoms with Crippen LogP contribution in [0.3, 0.4) is 0 Å². The predicted molar refractivity (Wildman–Crippen MR) is 79.1 cm³/mol. The van der Waals surface area contributed by atoms with Gasteiger partial charge in [0.2, 0.25) is 0 Å². The summed E-state index contributed by atoms with van der Waals surface area (Å²) in [5.74, 6) is 1.24. The van der Waals surface area contributed by atoms with Crippen LogP contribution in [0.25, 0.3) is 10.6 Å². The fourth-order valence-electron chi connectivity index (χ4n) is 2.31. The lowest BCUT2D eigenvalue weighted by atomic mass is 9.99.